The average molecular weight is 580 g/mol. The summed E-state index contributed by atoms with van der Waals surface area (Å²) in [7, 11) is 0. The Balaban J connectivity index is 1.22. The maximum absolute atomic E-state index is 13.0. The molecule has 7 heteroatoms. The van der Waals surface area contributed by atoms with Crippen molar-refractivity contribution in [2.24, 2.45) is 0 Å². The average Bonchev–Trinajstić information content (AvgIpc) is 3.42. The van der Waals surface area contributed by atoms with Gasteiger partial charge in [0, 0.05) is 10.9 Å². The van der Waals surface area contributed by atoms with Crippen molar-refractivity contribution in [3.8, 4) is 5.75 Å². The third kappa shape index (κ3) is 7.45. The molecule has 40 heavy (non-hydrogen) atoms. The number of halogens is 2. The zero-order valence-electron chi connectivity index (χ0n) is 23.0. The van der Waals surface area contributed by atoms with Crippen LogP contribution in [0.3, 0.4) is 0 Å². The third-order valence-electron chi connectivity index (χ3n) is 7.85. The van der Waals surface area contributed by atoms with E-state index in [2.05, 4.69) is 57.1 Å². The Morgan fingerprint density at radius 2 is 1.68 bits per heavy atom. The van der Waals surface area contributed by atoms with Gasteiger partial charge in [0.1, 0.15) is 5.75 Å². The van der Waals surface area contributed by atoms with Crippen molar-refractivity contribution in [3.63, 3.8) is 0 Å². The SMILES string of the molecule is O=c1[nH][n+](C[C@H]2CCCN2CCCCc2ccc(OCCCCl)cc2)c(Cc2ccc(Cl)cc2)c2ccccc12. The maximum atomic E-state index is 13.0. The van der Waals surface area contributed by atoms with Gasteiger partial charge in [0.2, 0.25) is 5.69 Å². The molecule has 0 saturated carbocycles. The van der Waals surface area contributed by atoms with Gasteiger partial charge < -0.3 is 4.74 Å². The Morgan fingerprint density at radius 3 is 2.45 bits per heavy atom. The number of aryl methyl sites for hydroxylation is 1. The Labute approximate surface area is 246 Å². The van der Waals surface area contributed by atoms with Crippen molar-refractivity contribution in [1.82, 2.24) is 10.00 Å². The lowest BCUT2D eigenvalue weighted by molar-refractivity contribution is -0.763. The van der Waals surface area contributed by atoms with Gasteiger partial charge in [-0.2, -0.15) is 0 Å². The molecule has 4 aromatic rings. The van der Waals surface area contributed by atoms with Crippen LogP contribution in [0.4, 0.5) is 0 Å². The van der Waals surface area contributed by atoms with Crippen LogP contribution in [0.2, 0.25) is 5.02 Å². The number of hydrogen-bond donors (Lipinski definition) is 1. The predicted molar refractivity (Wildman–Crippen MR) is 164 cm³/mol. The molecule has 3 aromatic carbocycles. The minimum atomic E-state index is -0.0320. The molecular formula is C33H38Cl2N3O2+. The van der Waals surface area contributed by atoms with E-state index >= 15 is 0 Å². The second-order valence-corrected chi connectivity index (χ2v) is 11.5. The fourth-order valence-electron chi connectivity index (χ4n) is 5.72. The van der Waals surface area contributed by atoms with E-state index in [1.807, 2.05) is 30.3 Å². The number of aromatic nitrogens is 2. The molecule has 1 saturated heterocycles. The largest absolute Gasteiger partial charge is 0.494 e. The lowest BCUT2D eigenvalue weighted by Crippen LogP contribution is -2.53. The second kappa shape index (κ2) is 14.2. The Bertz CT molecular complexity index is 1440. The van der Waals surface area contributed by atoms with Crippen LogP contribution in [-0.4, -0.2) is 41.6 Å². The highest BCUT2D eigenvalue weighted by molar-refractivity contribution is 6.30. The van der Waals surface area contributed by atoms with E-state index in [0.29, 0.717) is 18.5 Å². The summed E-state index contributed by atoms with van der Waals surface area (Å²) in [5.41, 5.74) is 3.63. The Morgan fingerprint density at radius 1 is 0.925 bits per heavy atom. The van der Waals surface area contributed by atoms with E-state index in [1.165, 1.54) is 17.5 Å². The van der Waals surface area contributed by atoms with Crippen molar-refractivity contribution in [2.45, 2.75) is 57.5 Å². The minimum absolute atomic E-state index is 0.0320. The third-order valence-corrected chi connectivity index (χ3v) is 8.37. The van der Waals surface area contributed by atoms with Crippen LogP contribution in [0.1, 0.15) is 48.9 Å². The quantitative estimate of drug-likeness (QED) is 0.111. The van der Waals surface area contributed by atoms with Crippen molar-refractivity contribution in [1.29, 1.82) is 0 Å². The molecule has 0 bridgehead atoms. The van der Waals surface area contributed by atoms with Crippen LogP contribution in [0.25, 0.3) is 10.8 Å². The number of nitrogens with zero attached hydrogens (tertiary/aromatic N) is 2. The normalized spacial score (nSPS) is 15.6. The van der Waals surface area contributed by atoms with Crippen LogP contribution < -0.4 is 15.0 Å². The van der Waals surface area contributed by atoms with Crippen molar-refractivity contribution in [3.05, 3.63) is 105 Å². The number of nitrogens with one attached hydrogen (secondary N) is 1. The molecule has 5 nitrogen and oxygen atoms in total. The molecule has 5 rings (SSSR count). The molecule has 210 valence electrons. The molecule has 2 heterocycles. The molecule has 1 fully saturated rings. The van der Waals surface area contributed by atoms with Gasteiger partial charge in [0.25, 0.3) is 0 Å². The van der Waals surface area contributed by atoms with Crippen LogP contribution in [0.5, 0.6) is 5.75 Å². The van der Waals surface area contributed by atoms with Crippen LogP contribution in [0, 0.1) is 0 Å². The summed E-state index contributed by atoms with van der Waals surface area (Å²) in [5, 5.41) is 5.68. The number of likely N-dealkylation sites (tertiary alicyclic amines) is 1. The van der Waals surface area contributed by atoms with E-state index in [-0.39, 0.29) is 5.56 Å². The fraction of sp³-hybridized carbons (Fsp3) is 0.394. The number of fused-ring (bicyclic) bond motifs is 1. The predicted octanol–water partition coefficient (Wildman–Crippen LogP) is 6.55. The van der Waals surface area contributed by atoms with E-state index < -0.39 is 0 Å². The van der Waals surface area contributed by atoms with Gasteiger partial charge in [-0.25, -0.2) is 0 Å². The first kappa shape index (κ1) is 28.7. The van der Waals surface area contributed by atoms with Gasteiger partial charge in [0.15, 0.2) is 6.54 Å². The number of aromatic amines is 1. The highest BCUT2D eigenvalue weighted by Gasteiger charge is 2.30. The van der Waals surface area contributed by atoms with Crippen LogP contribution in [-0.2, 0) is 19.4 Å². The minimum Gasteiger partial charge on any atom is -0.494 e. The van der Waals surface area contributed by atoms with Gasteiger partial charge in [-0.3, -0.25) is 9.69 Å². The Hall–Kier alpha value is -2.86. The first-order valence-corrected chi connectivity index (χ1v) is 15.3. The smallest absolute Gasteiger partial charge is 0.305 e. The van der Waals surface area contributed by atoms with E-state index in [4.69, 9.17) is 27.9 Å². The number of unbranched alkanes of at least 4 members (excludes halogenated alkanes) is 1. The number of ether oxygens (including phenoxy) is 1. The molecule has 1 aliphatic heterocycles. The van der Waals surface area contributed by atoms with Gasteiger partial charge in [-0.15, -0.1) is 21.4 Å². The molecule has 1 atom stereocenters. The molecule has 0 radical (unpaired) electrons. The first-order valence-electron chi connectivity index (χ1n) is 14.4. The number of H-pyrrole nitrogens is 1. The summed E-state index contributed by atoms with van der Waals surface area (Å²) in [5.74, 6) is 1.54. The van der Waals surface area contributed by atoms with E-state index in [9.17, 15) is 4.79 Å². The van der Waals surface area contributed by atoms with Gasteiger partial charge in [-0.05, 0) is 99.1 Å². The Kier molecular flexibility index (Phi) is 10.1. The van der Waals surface area contributed by atoms with Gasteiger partial charge >= 0.3 is 5.56 Å². The number of rotatable bonds is 13. The summed E-state index contributed by atoms with van der Waals surface area (Å²) < 4.78 is 7.82. The van der Waals surface area contributed by atoms with E-state index in [1.54, 1.807) is 0 Å². The molecule has 0 aliphatic carbocycles. The molecule has 1 aromatic heterocycles. The summed E-state index contributed by atoms with van der Waals surface area (Å²) in [6, 6.07) is 24.8. The molecule has 0 spiro atoms. The van der Waals surface area contributed by atoms with Crippen molar-refractivity contribution in [2.75, 3.05) is 25.6 Å². The zero-order valence-corrected chi connectivity index (χ0v) is 24.5. The highest BCUT2D eigenvalue weighted by Crippen LogP contribution is 2.21. The molecule has 0 amide bonds. The summed E-state index contributed by atoms with van der Waals surface area (Å²) >= 11 is 11.9. The van der Waals surface area contributed by atoms with E-state index in [0.717, 1.165) is 85.4 Å². The number of alkyl halides is 1. The van der Waals surface area contributed by atoms with Crippen molar-refractivity contribution < 1.29 is 9.42 Å². The second-order valence-electron chi connectivity index (χ2n) is 10.7. The fourth-order valence-corrected chi connectivity index (χ4v) is 5.95. The number of benzene rings is 3. The standard InChI is InChI=1S/C33H37Cl2N3O2/c34-19-6-22-40-29-17-13-25(14-18-29)7-3-4-20-37-21-5-8-28(37)24-38-32(23-26-11-15-27(35)16-12-26)30-9-1-2-10-31(30)33(39)36-38/h1-2,9-18,28H,3-8,19-24H2/p+1/t28-/m1/s1. The van der Waals surface area contributed by atoms with Crippen LogP contribution in [0.15, 0.2) is 77.6 Å². The highest BCUT2D eigenvalue weighted by atomic mass is 35.5. The molecule has 0 unspecified atom stereocenters. The summed E-state index contributed by atoms with van der Waals surface area (Å²) in [4.78, 5) is 15.6. The van der Waals surface area contributed by atoms with Gasteiger partial charge in [-0.1, -0.05) is 48.0 Å². The van der Waals surface area contributed by atoms with Crippen molar-refractivity contribution >= 4 is 34.0 Å². The molecule has 1 N–H and O–H groups in total. The lowest BCUT2D eigenvalue weighted by atomic mass is 10.0. The number of hydrogen-bond acceptors (Lipinski definition) is 3. The zero-order chi connectivity index (χ0) is 27.7. The first-order chi connectivity index (χ1) is 19.6. The molecular weight excluding hydrogens is 541 g/mol. The summed E-state index contributed by atoms with van der Waals surface area (Å²) in [6.45, 7) is 3.64. The summed E-state index contributed by atoms with van der Waals surface area (Å²) in [6.07, 6.45) is 7.31. The molecule has 1 aliphatic rings. The monoisotopic (exact) mass is 578 g/mol. The topological polar surface area (TPSA) is 49.2 Å². The van der Waals surface area contributed by atoms with Crippen LogP contribution >= 0.6 is 23.2 Å². The maximum Gasteiger partial charge on any atom is 0.305 e. The van der Waals surface area contributed by atoms with Gasteiger partial charge in [0.05, 0.1) is 29.8 Å². The lowest BCUT2D eigenvalue weighted by Gasteiger charge is -2.22.